The summed E-state index contributed by atoms with van der Waals surface area (Å²) in [6.45, 7) is 0. The van der Waals surface area contributed by atoms with Crippen LogP contribution in [0.1, 0.15) is 12.6 Å². The van der Waals surface area contributed by atoms with E-state index in [2.05, 4.69) is 4.29 Å². The SMILES string of the molecule is O=C(OCl)C(Cl)(c1ccccc1)c1ccccc1.[H-].[Li+]. The van der Waals surface area contributed by atoms with Crippen molar-refractivity contribution in [3.05, 3.63) is 71.8 Å². The van der Waals surface area contributed by atoms with E-state index in [0.717, 1.165) is 0 Å². The zero-order chi connectivity index (χ0) is 13.0. The van der Waals surface area contributed by atoms with E-state index >= 15 is 0 Å². The number of rotatable bonds is 3. The molecule has 0 bridgehead atoms. The Labute approximate surface area is 135 Å². The van der Waals surface area contributed by atoms with Crippen LogP contribution in [0.3, 0.4) is 0 Å². The fourth-order valence-corrected chi connectivity index (χ4v) is 2.24. The summed E-state index contributed by atoms with van der Waals surface area (Å²) in [6, 6.07) is 17.9. The smallest absolute Gasteiger partial charge is 1.00 e. The minimum Gasteiger partial charge on any atom is -1.00 e. The number of alkyl halides is 1. The molecule has 19 heavy (non-hydrogen) atoms. The average Bonchev–Trinajstić information content (AvgIpc) is 2.47. The summed E-state index contributed by atoms with van der Waals surface area (Å²) in [7, 11) is 0. The molecule has 0 amide bonds. The van der Waals surface area contributed by atoms with Crippen molar-refractivity contribution in [2.24, 2.45) is 0 Å². The molecule has 2 nitrogen and oxygen atoms in total. The van der Waals surface area contributed by atoms with Gasteiger partial charge in [0, 0.05) is 0 Å². The predicted octanol–water partition coefficient (Wildman–Crippen LogP) is 0.982. The third-order valence-electron chi connectivity index (χ3n) is 2.69. The van der Waals surface area contributed by atoms with Crippen LogP contribution in [-0.2, 0) is 14.0 Å². The van der Waals surface area contributed by atoms with Gasteiger partial charge < -0.3 is 5.72 Å². The molecule has 0 fully saturated rings. The van der Waals surface area contributed by atoms with Crippen LogP contribution in [0.5, 0.6) is 0 Å². The van der Waals surface area contributed by atoms with E-state index < -0.39 is 10.8 Å². The fraction of sp³-hybridized carbons (Fsp3) is 0.0714. The number of carbonyl (C=O) groups is 1. The van der Waals surface area contributed by atoms with Crippen LogP contribution in [0.25, 0.3) is 0 Å². The van der Waals surface area contributed by atoms with Crippen molar-refractivity contribution in [1.29, 1.82) is 0 Å². The first-order valence-corrected chi connectivity index (χ1v) is 6.01. The third kappa shape index (κ3) is 3.16. The molecule has 2 aromatic carbocycles. The van der Waals surface area contributed by atoms with Gasteiger partial charge in [0.1, 0.15) is 11.9 Å². The van der Waals surface area contributed by atoms with Crippen molar-refractivity contribution in [2.45, 2.75) is 4.87 Å². The molecule has 5 heteroatoms. The molecule has 0 saturated carbocycles. The second-order valence-electron chi connectivity index (χ2n) is 3.76. The second-order valence-corrected chi connectivity index (χ2v) is 4.48. The van der Waals surface area contributed by atoms with Crippen LogP contribution >= 0.6 is 23.5 Å². The van der Waals surface area contributed by atoms with Crippen LogP contribution in [0.4, 0.5) is 0 Å². The van der Waals surface area contributed by atoms with E-state index in [1.165, 1.54) is 0 Å². The van der Waals surface area contributed by atoms with Gasteiger partial charge in [0.15, 0.2) is 4.87 Å². The zero-order valence-electron chi connectivity index (χ0n) is 11.3. The summed E-state index contributed by atoms with van der Waals surface area (Å²) < 4.78 is 4.33. The van der Waals surface area contributed by atoms with Gasteiger partial charge in [-0.2, -0.15) is 0 Å². The maximum atomic E-state index is 11.9. The molecule has 0 aromatic heterocycles. The summed E-state index contributed by atoms with van der Waals surface area (Å²) in [6.07, 6.45) is 0. The van der Waals surface area contributed by atoms with Crippen molar-refractivity contribution in [3.8, 4) is 0 Å². The van der Waals surface area contributed by atoms with Crippen LogP contribution in [0.15, 0.2) is 60.7 Å². The van der Waals surface area contributed by atoms with Crippen LogP contribution in [-0.4, -0.2) is 5.97 Å². The van der Waals surface area contributed by atoms with Gasteiger partial charge in [-0.3, -0.25) is 0 Å². The van der Waals surface area contributed by atoms with Crippen molar-refractivity contribution < 1.29 is 29.4 Å². The molecule has 0 radical (unpaired) electrons. The van der Waals surface area contributed by atoms with Gasteiger partial charge in [-0.25, -0.2) is 4.79 Å². The Balaban J connectivity index is 0.00000180. The maximum absolute atomic E-state index is 11.9. The van der Waals surface area contributed by atoms with Gasteiger partial charge in [0.25, 0.3) is 0 Å². The minimum atomic E-state index is -1.43. The molecule has 0 atom stereocenters. The molecular weight excluding hydrogens is 278 g/mol. The monoisotopic (exact) mass is 288 g/mol. The van der Waals surface area contributed by atoms with Crippen LogP contribution in [0, 0.1) is 0 Å². The Hall–Kier alpha value is -0.913. The molecule has 0 aliphatic rings. The van der Waals surface area contributed by atoms with Crippen molar-refractivity contribution in [3.63, 3.8) is 0 Å². The van der Waals surface area contributed by atoms with Gasteiger partial charge in [0.05, 0.1) is 0 Å². The molecule has 0 aliphatic heterocycles. The molecule has 2 aromatic rings. The van der Waals surface area contributed by atoms with Gasteiger partial charge in [0.2, 0.25) is 0 Å². The van der Waals surface area contributed by atoms with Gasteiger partial charge in [-0.1, -0.05) is 72.3 Å². The second kappa shape index (κ2) is 7.03. The standard InChI is InChI=1S/C14H10Cl2O2.Li.H/c15-14(13(17)18-16,11-7-3-1-4-8-11)12-9-5-2-6-10-12;;/h1-10H;;/q;+1;-1. The topological polar surface area (TPSA) is 26.3 Å². The Morgan fingerprint density at radius 1 is 0.947 bits per heavy atom. The van der Waals surface area contributed by atoms with E-state index in [1.54, 1.807) is 48.5 Å². The number of hydrogen-bond acceptors (Lipinski definition) is 2. The van der Waals surface area contributed by atoms with Crippen molar-refractivity contribution >= 4 is 29.4 Å². The minimum absolute atomic E-state index is 0. The molecular formula is C14H11Cl2LiO2. The first-order valence-electron chi connectivity index (χ1n) is 5.32. The summed E-state index contributed by atoms with van der Waals surface area (Å²) in [5.74, 6) is -0.719. The third-order valence-corrected chi connectivity index (χ3v) is 3.43. The van der Waals surface area contributed by atoms with E-state index in [9.17, 15) is 4.79 Å². The summed E-state index contributed by atoms with van der Waals surface area (Å²) in [5, 5.41) is 0. The molecule has 0 heterocycles. The summed E-state index contributed by atoms with van der Waals surface area (Å²) in [4.78, 5) is 10.5. The Morgan fingerprint density at radius 3 is 1.63 bits per heavy atom. The van der Waals surface area contributed by atoms with Crippen molar-refractivity contribution in [2.75, 3.05) is 0 Å². The number of halogens is 2. The van der Waals surface area contributed by atoms with E-state index in [1.807, 2.05) is 12.1 Å². The Kier molecular flexibility index (Phi) is 5.97. The Bertz CT molecular complexity index is 498. The number of carbonyl (C=O) groups excluding carboxylic acids is 1. The normalized spacial score (nSPS) is 10.4. The molecule has 0 saturated heterocycles. The van der Waals surface area contributed by atoms with E-state index in [4.69, 9.17) is 23.5 Å². The maximum Gasteiger partial charge on any atom is 1.00 e. The van der Waals surface area contributed by atoms with Crippen molar-refractivity contribution in [1.82, 2.24) is 0 Å². The first-order chi connectivity index (χ1) is 8.69. The predicted molar refractivity (Wildman–Crippen MR) is 72.6 cm³/mol. The largest absolute Gasteiger partial charge is 1.00 e. The summed E-state index contributed by atoms with van der Waals surface area (Å²) >= 11 is 11.7. The molecule has 2 rings (SSSR count). The number of hydrogen-bond donors (Lipinski definition) is 0. The molecule has 0 spiro atoms. The first kappa shape index (κ1) is 16.1. The molecule has 94 valence electrons. The zero-order valence-corrected chi connectivity index (χ0v) is 11.9. The molecule has 0 N–H and O–H groups in total. The van der Waals surface area contributed by atoms with Crippen LogP contribution in [0.2, 0.25) is 0 Å². The van der Waals surface area contributed by atoms with Gasteiger partial charge >= 0.3 is 24.8 Å². The van der Waals surface area contributed by atoms with E-state index in [-0.39, 0.29) is 20.3 Å². The van der Waals surface area contributed by atoms with Crippen LogP contribution < -0.4 is 18.9 Å². The molecule has 0 unspecified atom stereocenters. The number of benzene rings is 2. The van der Waals surface area contributed by atoms with Gasteiger partial charge in [-0.15, -0.1) is 0 Å². The van der Waals surface area contributed by atoms with Gasteiger partial charge in [-0.05, 0) is 11.1 Å². The fourth-order valence-electron chi connectivity index (χ4n) is 1.79. The average molecular weight is 289 g/mol. The molecule has 0 aliphatic carbocycles. The quantitative estimate of drug-likeness (QED) is 0.622. The van der Waals surface area contributed by atoms with E-state index in [0.29, 0.717) is 11.1 Å². The Morgan fingerprint density at radius 2 is 1.32 bits per heavy atom. The summed E-state index contributed by atoms with van der Waals surface area (Å²) in [5.41, 5.74) is 1.23.